The molecule has 1 aliphatic rings. The number of hydrogen-bond acceptors (Lipinski definition) is 4. The molecule has 2 rings (SSSR count). The Bertz CT molecular complexity index is 397. The fraction of sp³-hybridized carbons (Fsp3) is 0.571. The maximum Gasteiger partial charge on any atom is 0.162 e. The van der Waals surface area contributed by atoms with Crippen LogP contribution in [0.25, 0.3) is 0 Å². The minimum absolute atomic E-state index is 0.0766. The average molecular weight is 251 g/mol. The van der Waals surface area contributed by atoms with Gasteiger partial charge in [0.15, 0.2) is 11.5 Å². The van der Waals surface area contributed by atoms with E-state index >= 15 is 0 Å². The van der Waals surface area contributed by atoms with Gasteiger partial charge in [0, 0.05) is 23.7 Å². The maximum absolute atomic E-state index is 9.41. The van der Waals surface area contributed by atoms with E-state index in [1.807, 2.05) is 18.2 Å². The van der Waals surface area contributed by atoms with Crippen molar-refractivity contribution in [1.82, 2.24) is 0 Å². The van der Waals surface area contributed by atoms with Crippen LogP contribution in [0.15, 0.2) is 18.2 Å². The van der Waals surface area contributed by atoms with Crippen molar-refractivity contribution in [1.29, 1.82) is 0 Å². The fourth-order valence-corrected chi connectivity index (χ4v) is 2.30. The Hall–Kier alpha value is -1.42. The van der Waals surface area contributed by atoms with Gasteiger partial charge in [-0.05, 0) is 25.0 Å². The number of anilines is 1. The van der Waals surface area contributed by atoms with E-state index < -0.39 is 0 Å². The molecule has 1 aliphatic carbocycles. The predicted octanol–water partition coefficient (Wildman–Crippen LogP) is 2.28. The van der Waals surface area contributed by atoms with Crippen molar-refractivity contribution < 1.29 is 14.6 Å². The number of nitrogens with one attached hydrogen (secondary N) is 1. The summed E-state index contributed by atoms with van der Waals surface area (Å²) in [6.07, 6.45) is 3.42. The zero-order chi connectivity index (χ0) is 13.0. The summed E-state index contributed by atoms with van der Waals surface area (Å²) < 4.78 is 10.5. The van der Waals surface area contributed by atoms with Gasteiger partial charge in [-0.3, -0.25) is 0 Å². The molecule has 1 fully saturated rings. The highest BCUT2D eigenvalue weighted by atomic mass is 16.5. The molecular formula is C14H21NO3. The van der Waals surface area contributed by atoms with Crippen molar-refractivity contribution in [2.24, 2.45) is 5.41 Å². The van der Waals surface area contributed by atoms with Gasteiger partial charge in [-0.1, -0.05) is 6.42 Å². The molecule has 0 radical (unpaired) electrons. The normalized spacial score (nSPS) is 16.8. The zero-order valence-electron chi connectivity index (χ0n) is 11.0. The molecule has 4 heteroatoms. The summed E-state index contributed by atoms with van der Waals surface area (Å²) in [5.74, 6) is 1.44. The predicted molar refractivity (Wildman–Crippen MR) is 71.4 cm³/mol. The molecule has 1 saturated carbocycles. The number of aliphatic hydroxyl groups is 1. The molecule has 0 bridgehead atoms. The lowest BCUT2D eigenvalue weighted by atomic mass is 9.69. The van der Waals surface area contributed by atoms with Crippen molar-refractivity contribution in [3.8, 4) is 11.5 Å². The topological polar surface area (TPSA) is 50.7 Å². The Morgan fingerprint density at radius 2 is 1.94 bits per heavy atom. The molecule has 2 N–H and O–H groups in total. The molecule has 0 amide bonds. The molecule has 0 atom stereocenters. The molecule has 0 saturated heterocycles. The molecule has 0 spiro atoms. The summed E-state index contributed by atoms with van der Waals surface area (Å²) in [5, 5.41) is 12.8. The van der Waals surface area contributed by atoms with Crippen LogP contribution < -0.4 is 14.8 Å². The van der Waals surface area contributed by atoms with Gasteiger partial charge in [0.1, 0.15) is 0 Å². The lowest BCUT2D eigenvalue weighted by Gasteiger charge is -2.40. The highest BCUT2D eigenvalue weighted by Gasteiger charge is 2.35. The van der Waals surface area contributed by atoms with Gasteiger partial charge in [0.2, 0.25) is 0 Å². The number of ether oxygens (including phenoxy) is 2. The first-order valence-corrected chi connectivity index (χ1v) is 6.30. The molecule has 1 aromatic rings. The van der Waals surface area contributed by atoms with Crippen LogP contribution in [-0.4, -0.2) is 32.5 Å². The van der Waals surface area contributed by atoms with Crippen LogP contribution in [-0.2, 0) is 0 Å². The van der Waals surface area contributed by atoms with Crippen LogP contribution in [0.2, 0.25) is 0 Å². The van der Waals surface area contributed by atoms with Crippen LogP contribution in [0.1, 0.15) is 19.3 Å². The van der Waals surface area contributed by atoms with Crippen molar-refractivity contribution in [2.45, 2.75) is 19.3 Å². The van der Waals surface area contributed by atoms with E-state index in [1.54, 1.807) is 14.2 Å². The molecule has 0 aromatic heterocycles. The van der Waals surface area contributed by atoms with Gasteiger partial charge in [-0.25, -0.2) is 0 Å². The SMILES string of the molecule is COc1ccc(NCC2(CO)CCC2)cc1OC. The Morgan fingerprint density at radius 3 is 2.44 bits per heavy atom. The Kier molecular flexibility index (Phi) is 3.97. The van der Waals surface area contributed by atoms with E-state index in [2.05, 4.69) is 5.32 Å². The molecule has 18 heavy (non-hydrogen) atoms. The quantitative estimate of drug-likeness (QED) is 0.814. The number of aliphatic hydroxyl groups excluding tert-OH is 1. The largest absolute Gasteiger partial charge is 0.493 e. The van der Waals surface area contributed by atoms with Crippen LogP contribution in [0, 0.1) is 5.41 Å². The van der Waals surface area contributed by atoms with Gasteiger partial charge >= 0.3 is 0 Å². The number of hydrogen-bond donors (Lipinski definition) is 2. The first kappa shape index (κ1) is 13.0. The standard InChI is InChI=1S/C14H21NO3/c1-17-12-5-4-11(8-13(12)18-2)15-9-14(10-16)6-3-7-14/h4-5,8,15-16H,3,6-7,9-10H2,1-2H3. The molecular weight excluding hydrogens is 230 g/mol. The lowest BCUT2D eigenvalue weighted by molar-refractivity contribution is 0.0576. The average Bonchev–Trinajstić information content (AvgIpc) is 2.37. The summed E-state index contributed by atoms with van der Waals surface area (Å²) >= 11 is 0. The highest BCUT2D eigenvalue weighted by molar-refractivity contribution is 5.54. The van der Waals surface area contributed by atoms with Crippen LogP contribution in [0.3, 0.4) is 0 Å². The van der Waals surface area contributed by atoms with E-state index in [4.69, 9.17) is 9.47 Å². The third kappa shape index (κ3) is 2.53. The van der Waals surface area contributed by atoms with E-state index in [-0.39, 0.29) is 12.0 Å². The van der Waals surface area contributed by atoms with Crippen molar-refractivity contribution in [2.75, 3.05) is 32.7 Å². The molecule has 0 heterocycles. The molecule has 0 unspecified atom stereocenters. The minimum Gasteiger partial charge on any atom is -0.493 e. The summed E-state index contributed by atoms with van der Waals surface area (Å²) in [6, 6.07) is 5.77. The molecule has 4 nitrogen and oxygen atoms in total. The van der Waals surface area contributed by atoms with Gasteiger partial charge in [-0.15, -0.1) is 0 Å². The van der Waals surface area contributed by atoms with E-state index in [9.17, 15) is 5.11 Å². The monoisotopic (exact) mass is 251 g/mol. The van der Waals surface area contributed by atoms with E-state index in [1.165, 1.54) is 6.42 Å². The van der Waals surface area contributed by atoms with Crippen LogP contribution >= 0.6 is 0 Å². The van der Waals surface area contributed by atoms with E-state index in [0.717, 1.165) is 30.8 Å². The number of benzene rings is 1. The third-order valence-electron chi connectivity index (χ3n) is 3.80. The second kappa shape index (κ2) is 5.48. The summed E-state index contributed by atoms with van der Waals surface area (Å²) in [7, 11) is 3.25. The summed E-state index contributed by atoms with van der Waals surface area (Å²) in [5.41, 5.74) is 1.07. The summed E-state index contributed by atoms with van der Waals surface area (Å²) in [6.45, 7) is 1.06. The molecule has 1 aromatic carbocycles. The highest BCUT2D eigenvalue weighted by Crippen LogP contribution is 2.40. The van der Waals surface area contributed by atoms with Crippen molar-refractivity contribution >= 4 is 5.69 Å². The second-order valence-electron chi connectivity index (χ2n) is 4.93. The first-order chi connectivity index (χ1) is 8.73. The fourth-order valence-electron chi connectivity index (χ4n) is 2.30. The summed E-state index contributed by atoms with van der Waals surface area (Å²) in [4.78, 5) is 0. The Labute approximate surface area is 108 Å². The Morgan fingerprint density at radius 1 is 1.22 bits per heavy atom. The van der Waals surface area contributed by atoms with E-state index in [0.29, 0.717) is 5.75 Å². The smallest absolute Gasteiger partial charge is 0.162 e. The maximum atomic E-state index is 9.41. The third-order valence-corrected chi connectivity index (χ3v) is 3.80. The van der Waals surface area contributed by atoms with Gasteiger partial charge < -0.3 is 19.9 Å². The van der Waals surface area contributed by atoms with Crippen LogP contribution in [0.4, 0.5) is 5.69 Å². The van der Waals surface area contributed by atoms with Crippen molar-refractivity contribution in [3.05, 3.63) is 18.2 Å². The number of methoxy groups -OCH3 is 2. The zero-order valence-corrected chi connectivity index (χ0v) is 11.0. The lowest BCUT2D eigenvalue weighted by Crippen LogP contribution is -2.39. The molecule has 0 aliphatic heterocycles. The second-order valence-corrected chi connectivity index (χ2v) is 4.93. The Balaban J connectivity index is 2.01. The first-order valence-electron chi connectivity index (χ1n) is 6.30. The minimum atomic E-state index is 0.0766. The van der Waals surface area contributed by atoms with Crippen LogP contribution in [0.5, 0.6) is 11.5 Å². The van der Waals surface area contributed by atoms with Crippen molar-refractivity contribution in [3.63, 3.8) is 0 Å². The number of rotatable bonds is 6. The van der Waals surface area contributed by atoms with Gasteiger partial charge in [-0.2, -0.15) is 0 Å². The van der Waals surface area contributed by atoms with Gasteiger partial charge in [0.05, 0.1) is 20.8 Å². The molecule has 100 valence electrons. The van der Waals surface area contributed by atoms with Gasteiger partial charge in [0.25, 0.3) is 0 Å².